The first kappa shape index (κ1) is 15.3. The fraction of sp³-hybridized carbons (Fsp3) is 0. The van der Waals surface area contributed by atoms with E-state index in [0.717, 1.165) is 11.1 Å². The van der Waals surface area contributed by atoms with Gasteiger partial charge in [0.15, 0.2) is 0 Å². The number of rotatable bonds is 3. The number of para-hydroxylation sites is 2. The lowest BCUT2D eigenvalue weighted by Crippen LogP contribution is -1.86. The minimum atomic E-state index is 0.0801. The largest absolute Gasteiger partial charge is 0.507 e. The molecule has 0 unspecified atom stereocenters. The van der Waals surface area contributed by atoms with Gasteiger partial charge in [-0.05, 0) is 47.5 Å². The number of nitriles is 1. The Morgan fingerprint density at radius 3 is 2.25 bits per heavy atom. The molecule has 0 saturated heterocycles. The molecule has 116 valence electrons. The Labute approximate surface area is 139 Å². The lowest BCUT2D eigenvalue weighted by molar-refractivity contribution is 0.474. The van der Waals surface area contributed by atoms with Crippen molar-refractivity contribution in [2.75, 3.05) is 0 Å². The van der Waals surface area contributed by atoms with Crippen molar-refractivity contribution in [1.82, 2.24) is 0 Å². The second-order valence-electron chi connectivity index (χ2n) is 5.21. The van der Waals surface area contributed by atoms with Crippen LogP contribution in [0.4, 0.5) is 5.69 Å². The molecular formula is C20H14N2O2. The highest BCUT2D eigenvalue weighted by molar-refractivity contribution is 5.88. The Morgan fingerprint density at radius 2 is 1.54 bits per heavy atom. The van der Waals surface area contributed by atoms with Crippen LogP contribution >= 0.6 is 0 Å². The number of hydrogen-bond donors (Lipinski definition) is 2. The third-order valence-electron chi connectivity index (χ3n) is 3.60. The van der Waals surface area contributed by atoms with Gasteiger partial charge in [0.25, 0.3) is 0 Å². The summed E-state index contributed by atoms with van der Waals surface area (Å²) in [5.41, 5.74) is 3.40. The van der Waals surface area contributed by atoms with Crippen molar-refractivity contribution in [2.45, 2.75) is 0 Å². The summed E-state index contributed by atoms with van der Waals surface area (Å²) in [5, 5.41) is 28.6. The van der Waals surface area contributed by atoms with E-state index in [9.17, 15) is 10.2 Å². The number of benzene rings is 3. The molecule has 3 aromatic carbocycles. The Balaban J connectivity index is 1.94. The van der Waals surface area contributed by atoms with E-state index in [1.807, 2.05) is 12.1 Å². The molecule has 0 aromatic heterocycles. The summed E-state index contributed by atoms with van der Waals surface area (Å²) in [5.74, 6) is 0.183. The minimum Gasteiger partial charge on any atom is -0.507 e. The molecule has 0 aliphatic rings. The average molecular weight is 314 g/mol. The maximum atomic E-state index is 10.0. The Morgan fingerprint density at radius 1 is 0.833 bits per heavy atom. The standard InChI is InChI=1S/C20H14N2O2/c21-12-14-5-7-15(8-6-14)16-9-10-19(23)17(11-16)13-22-18-3-1-2-4-20(18)24/h1-11,13,23-24H. The van der Waals surface area contributed by atoms with Gasteiger partial charge in [0.1, 0.15) is 17.2 Å². The third kappa shape index (κ3) is 3.26. The molecule has 0 amide bonds. The van der Waals surface area contributed by atoms with Gasteiger partial charge in [-0.3, -0.25) is 4.99 Å². The van der Waals surface area contributed by atoms with Crippen LogP contribution in [0.3, 0.4) is 0 Å². The maximum Gasteiger partial charge on any atom is 0.141 e. The van der Waals surface area contributed by atoms with Crippen LogP contribution in [0.25, 0.3) is 11.1 Å². The third-order valence-corrected chi connectivity index (χ3v) is 3.60. The molecule has 3 aromatic rings. The first-order chi connectivity index (χ1) is 11.7. The molecule has 0 radical (unpaired) electrons. The maximum absolute atomic E-state index is 10.0. The topological polar surface area (TPSA) is 76.6 Å². The fourth-order valence-electron chi connectivity index (χ4n) is 2.29. The molecule has 2 N–H and O–H groups in total. The van der Waals surface area contributed by atoms with Crippen LogP contribution < -0.4 is 0 Å². The molecule has 0 fully saturated rings. The molecule has 4 nitrogen and oxygen atoms in total. The second-order valence-corrected chi connectivity index (χ2v) is 5.21. The predicted octanol–water partition coefficient (Wildman–Crippen LogP) is 4.39. The molecule has 24 heavy (non-hydrogen) atoms. The zero-order valence-corrected chi connectivity index (χ0v) is 12.7. The van der Waals surface area contributed by atoms with Crippen molar-refractivity contribution in [3.8, 4) is 28.7 Å². The van der Waals surface area contributed by atoms with E-state index < -0.39 is 0 Å². The minimum absolute atomic E-state index is 0.0801. The normalized spacial score (nSPS) is 10.6. The number of hydrogen-bond acceptors (Lipinski definition) is 4. The van der Waals surface area contributed by atoms with Gasteiger partial charge in [0.2, 0.25) is 0 Å². The SMILES string of the molecule is N#Cc1ccc(-c2ccc(O)c(C=Nc3ccccc3O)c2)cc1. The smallest absolute Gasteiger partial charge is 0.141 e. The van der Waals surface area contributed by atoms with Gasteiger partial charge in [0.05, 0.1) is 11.6 Å². The van der Waals surface area contributed by atoms with E-state index in [2.05, 4.69) is 11.1 Å². The van der Waals surface area contributed by atoms with E-state index >= 15 is 0 Å². The van der Waals surface area contributed by atoms with Crippen molar-refractivity contribution >= 4 is 11.9 Å². The summed E-state index contributed by atoms with van der Waals surface area (Å²) < 4.78 is 0. The highest BCUT2D eigenvalue weighted by Crippen LogP contribution is 2.28. The number of aromatic hydroxyl groups is 2. The molecule has 0 spiro atoms. The Hall–Kier alpha value is -3.58. The summed E-state index contributed by atoms with van der Waals surface area (Å²) in [6.07, 6.45) is 1.51. The van der Waals surface area contributed by atoms with E-state index in [-0.39, 0.29) is 11.5 Å². The molecule has 4 heteroatoms. The highest BCUT2D eigenvalue weighted by Gasteiger charge is 2.04. The zero-order valence-electron chi connectivity index (χ0n) is 12.7. The number of phenols is 2. The second kappa shape index (κ2) is 6.67. The van der Waals surface area contributed by atoms with Crippen LogP contribution in [0.2, 0.25) is 0 Å². The molecule has 0 bridgehead atoms. The average Bonchev–Trinajstić information content (AvgIpc) is 2.62. The van der Waals surface area contributed by atoms with Crippen LogP contribution in [-0.4, -0.2) is 16.4 Å². The predicted molar refractivity (Wildman–Crippen MR) is 93.6 cm³/mol. The Kier molecular flexibility index (Phi) is 4.26. The van der Waals surface area contributed by atoms with Gasteiger partial charge in [-0.1, -0.05) is 30.3 Å². The van der Waals surface area contributed by atoms with Gasteiger partial charge in [-0.15, -0.1) is 0 Å². The lowest BCUT2D eigenvalue weighted by Gasteiger charge is -2.05. The van der Waals surface area contributed by atoms with Crippen molar-refractivity contribution in [3.05, 3.63) is 77.9 Å². The van der Waals surface area contributed by atoms with Crippen LogP contribution in [-0.2, 0) is 0 Å². The summed E-state index contributed by atoms with van der Waals surface area (Å²) in [6.45, 7) is 0. The van der Waals surface area contributed by atoms with Crippen LogP contribution in [0.15, 0.2) is 71.7 Å². The van der Waals surface area contributed by atoms with Crippen molar-refractivity contribution in [1.29, 1.82) is 5.26 Å². The highest BCUT2D eigenvalue weighted by atomic mass is 16.3. The van der Waals surface area contributed by atoms with Gasteiger partial charge in [-0.25, -0.2) is 0 Å². The summed E-state index contributed by atoms with van der Waals surface area (Å²) in [7, 11) is 0. The molecule has 0 atom stereocenters. The molecule has 3 rings (SSSR count). The zero-order chi connectivity index (χ0) is 16.9. The van der Waals surface area contributed by atoms with Gasteiger partial charge < -0.3 is 10.2 Å². The van der Waals surface area contributed by atoms with Crippen LogP contribution in [0.5, 0.6) is 11.5 Å². The van der Waals surface area contributed by atoms with Crippen molar-refractivity contribution in [3.63, 3.8) is 0 Å². The van der Waals surface area contributed by atoms with Gasteiger partial charge in [-0.2, -0.15) is 5.26 Å². The van der Waals surface area contributed by atoms with E-state index in [0.29, 0.717) is 16.8 Å². The first-order valence-electron chi connectivity index (χ1n) is 7.33. The summed E-state index contributed by atoms with van der Waals surface area (Å²) in [6, 6.07) is 21.2. The molecule has 0 saturated carbocycles. The first-order valence-corrected chi connectivity index (χ1v) is 7.33. The monoisotopic (exact) mass is 314 g/mol. The number of aliphatic imine (C=N–C) groups is 1. The number of nitrogens with zero attached hydrogens (tertiary/aromatic N) is 2. The molecular weight excluding hydrogens is 300 g/mol. The molecule has 0 aliphatic carbocycles. The van der Waals surface area contributed by atoms with E-state index in [1.54, 1.807) is 54.6 Å². The fourth-order valence-corrected chi connectivity index (χ4v) is 2.29. The Bertz CT molecular complexity index is 939. The van der Waals surface area contributed by atoms with Crippen molar-refractivity contribution in [2.24, 2.45) is 4.99 Å². The summed E-state index contributed by atoms with van der Waals surface area (Å²) in [4.78, 5) is 4.22. The number of phenolic OH excluding ortho intramolecular Hbond substituents is 2. The van der Waals surface area contributed by atoms with E-state index in [1.165, 1.54) is 6.21 Å². The van der Waals surface area contributed by atoms with Crippen LogP contribution in [0, 0.1) is 11.3 Å². The molecule has 0 aliphatic heterocycles. The quantitative estimate of drug-likeness (QED) is 0.704. The van der Waals surface area contributed by atoms with Crippen LogP contribution in [0.1, 0.15) is 11.1 Å². The lowest BCUT2D eigenvalue weighted by atomic mass is 10.0. The van der Waals surface area contributed by atoms with E-state index in [4.69, 9.17) is 5.26 Å². The van der Waals surface area contributed by atoms with Gasteiger partial charge >= 0.3 is 0 Å². The van der Waals surface area contributed by atoms with Gasteiger partial charge in [0, 0.05) is 11.8 Å². The summed E-state index contributed by atoms with van der Waals surface area (Å²) >= 11 is 0. The van der Waals surface area contributed by atoms with Crippen molar-refractivity contribution < 1.29 is 10.2 Å². The molecule has 0 heterocycles.